The zero-order valence-electron chi connectivity index (χ0n) is 12.7. The van der Waals surface area contributed by atoms with E-state index >= 15 is 0 Å². The minimum Gasteiger partial charge on any atom is -0.461 e. The summed E-state index contributed by atoms with van der Waals surface area (Å²) in [6.07, 6.45) is 1.69. The third-order valence-corrected chi connectivity index (χ3v) is 4.37. The Bertz CT molecular complexity index is 832. The number of hydrogen-bond acceptors (Lipinski definition) is 5. The summed E-state index contributed by atoms with van der Waals surface area (Å²) in [5.74, 6) is 0.778. The third-order valence-electron chi connectivity index (χ3n) is 3.35. The van der Waals surface area contributed by atoms with Gasteiger partial charge in [-0.1, -0.05) is 30.0 Å². The number of rotatable bonds is 7. The smallest absolute Gasteiger partial charge is 0.219 e. The normalized spacial score (nSPS) is 10.9. The van der Waals surface area contributed by atoms with Crippen LogP contribution in [0.1, 0.15) is 12.0 Å². The number of hydrogen-bond donors (Lipinski definition) is 1. The van der Waals surface area contributed by atoms with Crippen LogP contribution >= 0.6 is 11.8 Å². The first-order valence-electron chi connectivity index (χ1n) is 7.26. The maximum Gasteiger partial charge on any atom is 0.219 e. The number of halogens is 1. The topological polar surface area (TPSA) is 86.9 Å². The molecule has 2 heterocycles. The predicted octanol–water partition coefficient (Wildman–Crippen LogP) is 2.84. The fourth-order valence-corrected chi connectivity index (χ4v) is 3.12. The molecule has 6 nitrogen and oxygen atoms in total. The first-order chi connectivity index (χ1) is 11.6. The summed E-state index contributed by atoms with van der Waals surface area (Å²) in [6.45, 7) is 0.331. The predicted molar refractivity (Wildman–Crippen MR) is 87.5 cm³/mol. The van der Waals surface area contributed by atoms with Gasteiger partial charge in [0.25, 0.3) is 0 Å². The highest BCUT2D eigenvalue weighted by Crippen LogP contribution is 2.27. The van der Waals surface area contributed by atoms with Crippen LogP contribution in [0.15, 0.2) is 52.2 Å². The van der Waals surface area contributed by atoms with Gasteiger partial charge in [-0.15, -0.1) is 10.2 Å². The second kappa shape index (κ2) is 7.31. The largest absolute Gasteiger partial charge is 0.461 e. The maximum atomic E-state index is 13.7. The van der Waals surface area contributed by atoms with Crippen molar-refractivity contribution in [3.8, 4) is 11.6 Å². The van der Waals surface area contributed by atoms with E-state index in [-0.39, 0.29) is 12.2 Å². The van der Waals surface area contributed by atoms with Gasteiger partial charge < -0.3 is 10.2 Å². The van der Waals surface area contributed by atoms with Crippen molar-refractivity contribution in [2.75, 3.05) is 0 Å². The number of nitrogens with zero attached hydrogens (tertiary/aromatic N) is 3. The molecule has 2 N–H and O–H groups in total. The molecule has 0 fully saturated rings. The van der Waals surface area contributed by atoms with E-state index in [1.54, 1.807) is 34.9 Å². The number of nitrogens with two attached hydrogens (primary N) is 1. The zero-order valence-corrected chi connectivity index (χ0v) is 13.5. The van der Waals surface area contributed by atoms with Crippen molar-refractivity contribution in [3.05, 3.63) is 54.0 Å². The molecule has 0 saturated heterocycles. The van der Waals surface area contributed by atoms with Gasteiger partial charge in [0.1, 0.15) is 5.82 Å². The molecule has 3 rings (SSSR count). The number of benzene rings is 1. The van der Waals surface area contributed by atoms with Gasteiger partial charge in [0.2, 0.25) is 5.91 Å². The second-order valence-corrected chi connectivity index (χ2v) is 5.97. The maximum absolute atomic E-state index is 13.7. The number of primary amides is 1. The van der Waals surface area contributed by atoms with E-state index in [1.165, 1.54) is 24.1 Å². The molecule has 0 aliphatic carbocycles. The number of thioether (sulfide) groups is 1. The summed E-state index contributed by atoms with van der Waals surface area (Å²) >= 11 is 1.34. The van der Waals surface area contributed by atoms with Crippen molar-refractivity contribution in [1.82, 2.24) is 14.8 Å². The van der Waals surface area contributed by atoms with Crippen LogP contribution in [0, 0.1) is 5.82 Å². The standard InChI is InChI=1S/C16H15FN4O2S/c17-12-5-2-1-4-11(12)10-24-16-20-19-15(13-6-3-9-23-13)21(16)8-7-14(18)22/h1-6,9H,7-8,10H2,(H2,18,22). The molecule has 0 aliphatic heterocycles. The van der Waals surface area contributed by atoms with Crippen molar-refractivity contribution in [1.29, 1.82) is 0 Å². The van der Waals surface area contributed by atoms with E-state index in [0.29, 0.717) is 34.6 Å². The Hall–Kier alpha value is -2.61. The Morgan fingerprint density at radius 1 is 1.25 bits per heavy atom. The van der Waals surface area contributed by atoms with E-state index in [0.717, 1.165) is 0 Å². The number of furan rings is 1. The molecule has 0 radical (unpaired) electrons. The lowest BCUT2D eigenvalue weighted by Gasteiger charge is -2.08. The van der Waals surface area contributed by atoms with Crippen LogP contribution < -0.4 is 5.73 Å². The van der Waals surface area contributed by atoms with Crippen molar-refractivity contribution >= 4 is 17.7 Å². The first-order valence-corrected chi connectivity index (χ1v) is 8.25. The average Bonchev–Trinajstić information content (AvgIpc) is 3.21. The Morgan fingerprint density at radius 2 is 2.08 bits per heavy atom. The molecule has 0 unspecified atom stereocenters. The van der Waals surface area contributed by atoms with E-state index in [4.69, 9.17) is 10.2 Å². The Kier molecular flexibility index (Phi) is 4.95. The molecule has 3 aromatic rings. The lowest BCUT2D eigenvalue weighted by molar-refractivity contribution is -0.118. The van der Waals surface area contributed by atoms with Gasteiger partial charge in [0, 0.05) is 18.7 Å². The number of amides is 1. The van der Waals surface area contributed by atoms with E-state index < -0.39 is 5.91 Å². The van der Waals surface area contributed by atoms with Crippen LogP contribution in [0.3, 0.4) is 0 Å². The summed E-state index contributed by atoms with van der Waals surface area (Å²) in [7, 11) is 0. The number of carbonyl (C=O) groups excluding carboxylic acids is 1. The van der Waals surface area contributed by atoms with Gasteiger partial charge in [-0.25, -0.2) is 4.39 Å². The van der Waals surface area contributed by atoms with Crippen molar-refractivity contribution in [3.63, 3.8) is 0 Å². The number of aromatic nitrogens is 3. The van der Waals surface area contributed by atoms with Gasteiger partial charge in [0.15, 0.2) is 16.7 Å². The van der Waals surface area contributed by atoms with Crippen LogP contribution in [-0.4, -0.2) is 20.7 Å². The van der Waals surface area contributed by atoms with Gasteiger partial charge >= 0.3 is 0 Å². The van der Waals surface area contributed by atoms with Crippen LogP contribution in [-0.2, 0) is 17.1 Å². The average molecular weight is 346 g/mol. The molecule has 1 amide bonds. The third kappa shape index (κ3) is 3.65. The van der Waals surface area contributed by atoms with Gasteiger partial charge in [-0.2, -0.15) is 0 Å². The van der Waals surface area contributed by atoms with Crippen LogP contribution in [0.2, 0.25) is 0 Å². The summed E-state index contributed by atoms with van der Waals surface area (Å²) in [5, 5.41) is 8.83. The molecule has 8 heteroatoms. The quantitative estimate of drug-likeness (QED) is 0.665. The fraction of sp³-hybridized carbons (Fsp3) is 0.188. The summed E-state index contributed by atoms with van der Waals surface area (Å²) in [5.41, 5.74) is 5.82. The monoisotopic (exact) mass is 346 g/mol. The lowest BCUT2D eigenvalue weighted by atomic mass is 10.2. The molecule has 0 spiro atoms. The molecule has 2 aromatic heterocycles. The van der Waals surface area contributed by atoms with E-state index in [1.807, 2.05) is 0 Å². The second-order valence-electron chi connectivity index (χ2n) is 5.03. The number of carbonyl (C=O) groups is 1. The zero-order chi connectivity index (χ0) is 16.9. The van der Waals surface area contributed by atoms with Gasteiger partial charge in [0.05, 0.1) is 6.26 Å². The molecule has 0 saturated carbocycles. The Morgan fingerprint density at radius 3 is 2.79 bits per heavy atom. The molecule has 0 bridgehead atoms. The van der Waals surface area contributed by atoms with Gasteiger partial charge in [-0.05, 0) is 23.8 Å². The Balaban J connectivity index is 1.84. The molecule has 1 aromatic carbocycles. The molecular formula is C16H15FN4O2S. The van der Waals surface area contributed by atoms with Crippen LogP contribution in [0.5, 0.6) is 0 Å². The van der Waals surface area contributed by atoms with Crippen molar-refractivity contribution in [2.24, 2.45) is 5.73 Å². The molecule has 24 heavy (non-hydrogen) atoms. The molecule has 0 atom stereocenters. The van der Waals surface area contributed by atoms with Crippen LogP contribution in [0.4, 0.5) is 4.39 Å². The summed E-state index contributed by atoms with van der Waals surface area (Å²) in [6, 6.07) is 10.1. The summed E-state index contributed by atoms with van der Waals surface area (Å²) < 4.78 is 20.9. The fourth-order valence-electron chi connectivity index (χ4n) is 2.16. The van der Waals surface area contributed by atoms with Gasteiger partial charge in [-0.3, -0.25) is 9.36 Å². The van der Waals surface area contributed by atoms with Crippen molar-refractivity contribution in [2.45, 2.75) is 23.9 Å². The van der Waals surface area contributed by atoms with Crippen molar-refractivity contribution < 1.29 is 13.6 Å². The Labute approximate surface area is 141 Å². The minimum absolute atomic E-state index is 0.152. The minimum atomic E-state index is -0.417. The highest BCUT2D eigenvalue weighted by atomic mass is 32.2. The first kappa shape index (κ1) is 16.3. The highest BCUT2D eigenvalue weighted by Gasteiger charge is 2.17. The van der Waals surface area contributed by atoms with E-state index in [2.05, 4.69) is 10.2 Å². The molecule has 0 aliphatic rings. The lowest BCUT2D eigenvalue weighted by Crippen LogP contribution is -2.15. The molecular weight excluding hydrogens is 331 g/mol. The van der Waals surface area contributed by atoms with Crippen LogP contribution in [0.25, 0.3) is 11.6 Å². The molecule has 124 valence electrons. The van der Waals surface area contributed by atoms with E-state index in [9.17, 15) is 9.18 Å². The summed E-state index contributed by atoms with van der Waals surface area (Å²) in [4.78, 5) is 11.1. The SMILES string of the molecule is NC(=O)CCn1c(SCc2ccccc2F)nnc1-c1ccco1. The highest BCUT2D eigenvalue weighted by molar-refractivity contribution is 7.98.